The SMILES string of the molecule is CCOc1cc(Br)c(CCOCC(=O)O)cc1OCC. The van der Waals surface area contributed by atoms with Crippen molar-refractivity contribution < 1.29 is 24.1 Å². The Morgan fingerprint density at radius 1 is 1.20 bits per heavy atom. The lowest BCUT2D eigenvalue weighted by Gasteiger charge is -2.14. The quantitative estimate of drug-likeness (QED) is 0.696. The van der Waals surface area contributed by atoms with Gasteiger partial charge in [-0.3, -0.25) is 0 Å². The third-order valence-electron chi connectivity index (χ3n) is 2.45. The maximum absolute atomic E-state index is 10.4. The number of carbonyl (C=O) groups is 1. The third kappa shape index (κ3) is 5.38. The summed E-state index contributed by atoms with van der Waals surface area (Å²) in [7, 11) is 0. The molecular weight excluding hydrogens is 328 g/mol. The molecule has 0 aliphatic rings. The molecule has 0 aliphatic heterocycles. The molecule has 1 aromatic rings. The number of halogens is 1. The first-order valence-electron chi connectivity index (χ1n) is 6.46. The summed E-state index contributed by atoms with van der Waals surface area (Å²) < 4.78 is 17.0. The van der Waals surface area contributed by atoms with Gasteiger partial charge in [0.2, 0.25) is 0 Å². The Morgan fingerprint density at radius 3 is 2.35 bits per heavy atom. The van der Waals surface area contributed by atoms with E-state index in [2.05, 4.69) is 15.9 Å². The van der Waals surface area contributed by atoms with Crippen LogP contribution in [0.5, 0.6) is 11.5 Å². The topological polar surface area (TPSA) is 65.0 Å². The van der Waals surface area contributed by atoms with Crippen molar-refractivity contribution >= 4 is 21.9 Å². The average molecular weight is 347 g/mol. The molecule has 1 aromatic carbocycles. The Morgan fingerprint density at radius 2 is 1.80 bits per heavy atom. The van der Waals surface area contributed by atoms with E-state index in [0.29, 0.717) is 37.7 Å². The molecule has 0 atom stereocenters. The molecule has 5 nitrogen and oxygen atoms in total. The van der Waals surface area contributed by atoms with Gasteiger partial charge in [-0.1, -0.05) is 15.9 Å². The fourth-order valence-corrected chi connectivity index (χ4v) is 2.17. The van der Waals surface area contributed by atoms with Crippen molar-refractivity contribution in [1.82, 2.24) is 0 Å². The number of hydrogen-bond donors (Lipinski definition) is 1. The molecule has 1 rings (SSSR count). The van der Waals surface area contributed by atoms with Crippen LogP contribution in [0.1, 0.15) is 19.4 Å². The van der Waals surface area contributed by atoms with Crippen LogP contribution in [0.2, 0.25) is 0 Å². The van der Waals surface area contributed by atoms with Gasteiger partial charge in [-0.2, -0.15) is 0 Å². The van der Waals surface area contributed by atoms with Crippen molar-refractivity contribution in [2.24, 2.45) is 0 Å². The van der Waals surface area contributed by atoms with E-state index >= 15 is 0 Å². The van der Waals surface area contributed by atoms with Crippen molar-refractivity contribution in [2.75, 3.05) is 26.4 Å². The van der Waals surface area contributed by atoms with Crippen LogP contribution < -0.4 is 9.47 Å². The minimum atomic E-state index is -0.967. The van der Waals surface area contributed by atoms with Crippen LogP contribution in [-0.4, -0.2) is 37.5 Å². The van der Waals surface area contributed by atoms with E-state index in [1.54, 1.807) is 0 Å². The molecule has 0 saturated carbocycles. The summed E-state index contributed by atoms with van der Waals surface area (Å²) in [6, 6.07) is 3.75. The lowest BCUT2D eigenvalue weighted by molar-refractivity contribution is -0.142. The zero-order valence-electron chi connectivity index (χ0n) is 11.6. The second-order valence-electron chi connectivity index (χ2n) is 3.95. The van der Waals surface area contributed by atoms with E-state index in [0.717, 1.165) is 10.0 Å². The Bertz CT molecular complexity index is 447. The van der Waals surface area contributed by atoms with Crippen molar-refractivity contribution in [1.29, 1.82) is 0 Å². The smallest absolute Gasteiger partial charge is 0.329 e. The molecule has 0 unspecified atom stereocenters. The molecule has 0 spiro atoms. The number of hydrogen-bond acceptors (Lipinski definition) is 4. The summed E-state index contributed by atoms with van der Waals surface area (Å²) in [4.78, 5) is 10.4. The molecule has 0 heterocycles. The lowest BCUT2D eigenvalue weighted by Crippen LogP contribution is -2.09. The standard InChI is InChI=1S/C14H19BrO5/c1-3-19-12-7-10(5-6-18-9-14(16)17)11(15)8-13(12)20-4-2/h7-8H,3-6,9H2,1-2H3,(H,16,17). The maximum atomic E-state index is 10.4. The van der Waals surface area contributed by atoms with Crippen LogP contribution in [0, 0.1) is 0 Å². The molecule has 0 aromatic heterocycles. The van der Waals surface area contributed by atoms with Crippen molar-refractivity contribution in [3.05, 3.63) is 22.2 Å². The van der Waals surface area contributed by atoms with Crippen LogP contribution in [0.3, 0.4) is 0 Å². The summed E-state index contributed by atoms with van der Waals surface area (Å²) >= 11 is 3.48. The van der Waals surface area contributed by atoms with E-state index in [9.17, 15) is 4.79 Å². The van der Waals surface area contributed by atoms with Gasteiger partial charge in [0.15, 0.2) is 11.5 Å². The zero-order valence-corrected chi connectivity index (χ0v) is 13.2. The molecule has 0 saturated heterocycles. The number of carboxylic acid groups (broad SMARTS) is 1. The number of ether oxygens (including phenoxy) is 3. The van der Waals surface area contributed by atoms with Crippen LogP contribution in [0.25, 0.3) is 0 Å². The van der Waals surface area contributed by atoms with E-state index < -0.39 is 5.97 Å². The minimum Gasteiger partial charge on any atom is -0.490 e. The van der Waals surface area contributed by atoms with Crippen LogP contribution in [0.4, 0.5) is 0 Å². The Labute approximate surface area is 127 Å². The Kier molecular flexibility index (Phi) is 7.40. The highest BCUT2D eigenvalue weighted by molar-refractivity contribution is 9.10. The first-order valence-corrected chi connectivity index (χ1v) is 7.25. The van der Waals surface area contributed by atoms with E-state index in [1.807, 2.05) is 26.0 Å². The predicted molar refractivity (Wildman–Crippen MR) is 78.6 cm³/mol. The highest BCUT2D eigenvalue weighted by Gasteiger charge is 2.10. The number of benzene rings is 1. The van der Waals surface area contributed by atoms with Gasteiger partial charge in [0.1, 0.15) is 6.61 Å². The highest BCUT2D eigenvalue weighted by Crippen LogP contribution is 2.34. The van der Waals surface area contributed by atoms with E-state index in [4.69, 9.17) is 19.3 Å². The summed E-state index contributed by atoms with van der Waals surface area (Å²) in [6.45, 7) is 4.99. The lowest BCUT2D eigenvalue weighted by atomic mass is 10.1. The predicted octanol–water partition coefficient (Wildman–Crippen LogP) is 2.89. The normalized spacial score (nSPS) is 10.3. The number of rotatable bonds is 9. The number of carboxylic acids is 1. The molecule has 0 amide bonds. The van der Waals surface area contributed by atoms with Gasteiger partial charge in [-0.25, -0.2) is 4.79 Å². The molecule has 20 heavy (non-hydrogen) atoms. The second-order valence-corrected chi connectivity index (χ2v) is 4.81. The van der Waals surface area contributed by atoms with Crippen LogP contribution in [-0.2, 0) is 16.0 Å². The van der Waals surface area contributed by atoms with Gasteiger partial charge in [0, 0.05) is 4.47 Å². The monoisotopic (exact) mass is 346 g/mol. The fourth-order valence-electron chi connectivity index (χ4n) is 1.65. The van der Waals surface area contributed by atoms with Gasteiger partial charge in [0.25, 0.3) is 0 Å². The van der Waals surface area contributed by atoms with Gasteiger partial charge in [-0.15, -0.1) is 0 Å². The molecule has 0 radical (unpaired) electrons. The first-order chi connectivity index (χ1) is 9.58. The van der Waals surface area contributed by atoms with Gasteiger partial charge < -0.3 is 19.3 Å². The molecule has 112 valence electrons. The maximum Gasteiger partial charge on any atom is 0.329 e. The van der Waals surface area contributed by atoms with Crippen molar-refractivity contribution in [2.45, 2.75) is 20.3 Å². The highest BCUT2D eigenvalue weighted by atomic mass is 79.9. The third-order valence-corrected chi connectivity index (χ3v) is 3.19. The van der Waals surface area contributed by atoms with Crippen LogP contribution in [0.15, 0.2) is 16.6 Å². The average Bonchev–Trinajstić information content (AvgIpc) is 2.39. The van der Waals surface area contributed by atoms with Crippen molar-refractivity contribution in [3.8, 4) is 11.5 Å². The summed E-state index contributed by atoms with van der Waals surface area (Å²) in [5, 5.41) is 8.50. The summed E-state index contributed by atoms with van der Waals surface area (Å²) in [5.41, 5.74) is 0.988. The molecule has 0 aliphatic carbocycles. The summed E-state index contributed by atoms with van der Waals surface area (Å²) in [6.07, 6.45) is 0.598. The molecular formula is C14H19BrO5. The van der Waals surface area contributed by atoms with Crippen molar-refractivity contribution in [3.63, 3.8) is 0 Å². The fraction of sp³-hybridized carbons (Fsp3) is 0.500. The molecule has 6 heteroatoms. The molecule has 0 bridgehead atoms. The first kappa shape index (κ1) is 16.8. The largest absolute Gasteiger partial charge is 0.490 e. The Balaban J connectivity index is 2.75. The minimum absolute atomic E-state index is 0.285. The van der Waals surface area contributed by atoms with Gasteiger partial charge in [0.05, 0.1) is 19.8 Å². The van der Waals surface area contributed by atoms with Crippen LogP contribution >= 0.6 is 15.9 Å². The second kappa shape index (κ2) is 8.81. The summed E-state index contributed by atoms with van der Waals surface area (Å²) in [5.74, 6) is 0.410. The zero-order chi connectivity index (χ0) is 15.0. The van der Waals surface area contributed by atoms with E-state index in [1.165, 1.54) is 0 Å². The molecule has 1 N–H and O–H groups in total. The number of aliphatic carboxylic acids is 1. The van der Waals surface area contributed by atoms with Gasteiger partial charge in [-0.05, 0) is 38.0 Å². The van der Waals surface area contributed by atoms with E-state index in [-0.39, 0.29) is 6.61 Å². The Hall–Kier alpha value is -1.27. The molecule has 0 fully saturated rings. The van der Waals surface area contributed by atoms with Gasteiger partial charge >= 0.3 is 5.97 Å².